The van der Waals surface area contributed by atoms with Crippen LogP contribution in [0.2, 0.25) is 0 Å². The number of carbonyl (C=O) groups excluding carboxylic acids is 1. The number of nitrogens with one attached hydrogen (secondary N) is 2. The van der Waals surface area contributed by atoms with Gasteiger partial charge in [0.05, 0.1) is 22.9 Å². The Morgan fingerprint density at radius 1 is 1.35 bits per heavy atom. The van der Waals surface area contributed by atoms with Crippen molar-refractivity contribution in [3.05, 3.63) is 53.5 Å². The third-order valence-corrected chi connectivity index (χ3v) is 2.63. The predicted molar refractivity (Wildman–Crippen MR) is 72.9 cm³/mol. The Morgan fingerprint density at radius 3 is 2.70 bits per heavy atom. The molecule has 2 rings (SSSR count). The number of benzene rings is 1. The molecule has 0 aliphatic heterocycles. The molecule has 0 saturated heterocycles. The van der Waals surface area contributed by atoms with E-state index in [0.717, 1.165) is 6.07 Å². The van der Waals surface area contributed by atoms with E-state index >= 15 is 0 Å². The van der Waals surface area contributed by atoms with Crippen LogP contribution in [-0.4, -0.2) is 17.9 Å². The lowest BCUT2D eigenvalue weighted by Crippen LogP contribution is -2.13. The van der Waals surface area contributed by atoms with Crippen LogP contribution in [0.5, 0.6) is 0 Å². The van der Waals surface area contributed by atoms with Gasteiger partial charge < -0.3 is 10.6 Å². The third kappa shape index (κ3) is 2.90. The fraction of sp³-hybridized carbons (Fsp3) is 0.0714. The molecule has 0 saturated carbocycles. The van der Waals surface area contributed by atoms with Gasteiger partial charge in [-0.2, -0.15) is 5.26 Å². The number of carbonyl (C=O) groups is 1. The summed E-state index contributed by atoms with van der Waals surface area (Å²) in [6.45, 7) is 0. The number of nitriles is 1. The van der Waals surface area contributed by atoms with Crippen molar-refractivity contribution >= 4 is 17.4 Å². The molecule has 1 heterocycles. The lowest BCUT2D eigenvalue weighted by atomic mass is 10.2. The van der Waals surface area contributed by atoms with E-state index in [2.05, 4.69) is 15.6 Å². The summed E-state index contributed by atoms with van der Waals surface area (Å²) in [7, 11) is 1.72. The van der Waals surface area contributed by atoms with Crippen molar-refractivity contribution in [3.8, 4) is 6.07 Å². The number of pyridine rings is 1. The van der Waals surface area contributed by atoms with Gasteiger partial charge in [0.15, 0.2) is 0 Å². The molecule has 0 spiro atoms. The smallest absolute Gasteiger partial charge is 0.257 e. The number of hydrogen-bond acceptors (Lipinski definition) is 4. The molecule has 0 aliphatic carbocycles. The lowest BCUT2D eigenvalue weighted by molar-refractivity contribution is 0.102. The number of hydrogen-bond donors (Lipinski definition) is 2. The third-order valence-electron chi connectivity index (χ3n) is 2.63. The predicted octanol–water partition coefficient (Wildman–Crippen LogP) is 2.39. The number of nitrogens with zero attached hydrogens (tertiary/aromatic N) is 2. The van der Waals surface area contributed by atoms with Crippen molar-refractivity contribution in [1.82, 2.24) is 4.98 Å². The molecule has 0 unspecified atom stereocenters. The first-order valence-corrected chi connectivity index (χ1v) is 5.79. The maximum absolute atomic E-state index is 13.6. The molecule has 100 valence electrons. The fourth-order valence-electron chi connectivity index (χ4n) is 1.56. The maximum atomic E-state index is 13.6. The highest BCUT2D eigenvalue weighted by atomic mass is 19.1. The van der Waals surface area contributed by atoms with E-state index in [1.54, 1.807) is 19.2 Å². The van der Waals surface area contributed by atoms with Crippen LogP contribution in [0.25, 0.3) is 0 Å². The van der Waals surface area contributed by atoms with Crippen molar-refractivity contribution in [3.63, 3.8) is 0 Å². The molecule has 6 heteroatoms. The first kappa shape index (κ1) is 13.5. The van der Waals surface area contributed by atoms with Crippen LogP contribution in [0, 0.1) is 17.1 Å². The zero-order chi connectivity index (χ0) is 14.5. The maximum Gasteiger partial charge on any atom is 0.257 e. The molecule has 5 nitrogen and oxygen atoms in total. The van der Waals surface area contributed by atoms with E-state index in [0.29, 0.717) is 11.4 Å². The summed E-state index contributed by atoms with van der Waals surface area (Å²) < 4.78 is 13.6. The summed E-state index contributed by atoms with van der Waals surface area (Å²) in [6.07, 6.45) is 1.39. The van der Waals surface area contributed by atoms with Gasteiger partial charge in [-0.25, -0.2) is 9.37 Å². The minimum atomic E-state index is -0.655. The zero-order valence-corrected chi connectivity index (χ0v) is 10.6. The summed E-state index contributed by atoms with van der Waals surface area (Å²) in [5.41, 5.74) is 0.528. The Balaban J connectivity index is 2.17. The summed E-state index contributed by atoms with van der Waals surface area (Å²) in [5.74, 6) is -0.493. The second-order valence-corrected chi connectivity index (χ2v) is 3.94. The molecule has 0 atom stereocenters. The van der Waals surface area contributed by atoms with E-state index in [9.17, 15) is 9.18 Å². The Hall–Kier alpha value is -2.94. The van der Waals surface area contributed by atoms with Crippen molar-refractivity contribution in [2.75, 3.05) is 17.7 Å². The van der Waals surface area contributed by atoms with Crippen LogP contribution in [0.1, 0.15) is 15.9 Å². The second-order valence-electron chi connectivity index (χ2n) is 3.94. The molecule has 0 aliphatic rings. The van der Waals surface area contributed by atoms with Gasteiger partial charge in [0.2, 0.25) is 0 Å². The number of anilines is 2. The van der Waals surface area contributed by atoms with Crippen molar-refractivity contribution in [2.24, 2.45) is 0 Å². The molecule has 0 bridgehead atoms. The number of aromatic nitrogens is 1. The molecule has 0 fully saturated rings. The van der Waals surface area contributed by atoms with Crippen molar-refractivity contribution in [2.45, 2.75) is 0 Å². The van der Waals surface area contributed by atoms with E-state index < -0.39 is 11.7 Å². The lowest BCUT2D eigenvalue weighted by Gasteiger charge is -2.07. The fourth-order valence-corrected chi connectivity index (χ4v) is 1.56. The van der Waals surface area contributed by atoms with Gasteiger partial charge >= 0.3 is 0 Å². The SMILES string of the molecule is CNc1ccc(C(=O)Nc2ccc(C#N)cc2F)cn1. The van der Waals surface area contributed by atoms with E-state index in [-0.39, 0.29) is 11.3 Å². The summed E-state index contributed by atoms with van der Waals surface area (Å²) in [6, 6.07) is 8.89. The van der Waals surface area contributed by atoms with Crippen LogP contribution in [0.4, 0.5) is 15.9 Å². The van der Waals surface area contributed by atoms with E-state index in [1.165, 1.54) is 18.3 Å². The van der Waals surface area contributed by atoms with E-state index in [1.807, 2.05) is 6.07 Å². The highest BCUT2D eigenvalue weighted by molar-refractivity contribution is 6.04. The first-order valence-electron chi connectivity index (χ1n) is 5.79. The molecule has 0 radical (unpaired) electrons. The van der Waals surface area contributed by atoms with Crippen LogP contribution in [0.3, 0.4) is 0 Å². The van der Waals surface area contributed by atoms with Crippen molar-refractivity contribution in [1.29, 1.82) is 5.26 Å². The van der Waals surface area contributed by atoms with Crippen LogP contribution >= 0.6 is 0 Å². The molecule has 1 aromatic heterocycles. The normalized spacial score (nSPS) is 9.65. The Bertz CT molecular complexity index is 677. The highest BCUT2D eigenvalue weighted by Crippen LogP contribution is 2.16. The van der Waals surface area contributed by atoms with Gasteiger partial charge in [-0.3, -0.25) is 4.79 Å². The monoisotopic (exact) mass is 270 g/mol. The van der Waals surface area contributed by atoms with Gasteiger partial charge in [-0.15, -0.1) is 0 Å². The molecule has 1 amide bonds. The average molecular weight is 270 g/mol. The van der Waals surface area contributed by atoms with Crippen LogP contribution in [0.15, 0.2) is 36.5 Å². The Kier molecular flexibility index (Phi) is 3.91. The Morgan fingerprint density at radius 2 is 2.15 bits per heavy atom. The van der Waals surface area contributed by atoms with Gasteiger partial charge in [-0.1, -0.05) is 0 Å². The topological polar surface area (TPSA) is 77.8 Å². The van der Waals surface area contributed by atoms with Crippen LogP contribution < -0.4 is 10.6 Å². The van der Waals surface area contributed by atoms with Crippen molar-refractivity contribution < 1.29 is 9.18 Å². The Labute approximate surface area is 115 Å². The zero-order valence-electron chi connectivity index (χ0n) is 10.6. The molecular formula is C14H11FN4O. The first-order chi connectivity index (χ1) is 9.63. The van der Waals surface area contributed by atoms with Gasteiger partial charge in [0, 0.05) is 13.2 Å². The van der Waals surface area contributed by atoms with Crippen LogP contribution in [-0.2, 0) is 0 Å². The quantitative estimate of drug-likeness (QED) is 0.897. The number of amides is 1. The molecule has 1 aromatic carbocycles. The number of halogens is 1. The molecule has 2 N–H and O–H groups in total. The molecule has 20 heavy (non-hydrogen) atoms. The molecular weight excluding hydrogens is 259 g/mol. The number of rotatable bonds is 3. The van der Waals surface area contributed by atoms with Gasteiger partial charge in [0.1, 0.15) is 11.6 Å². The minimum absolute atomic E-state index is 0.0201. The minimum Gasteiger partial charge on any atom is -0.373 e. The summed E-state index contributed by atoms with van der Waals surface area (Å²) in [4.78, 5) is 15.9. The van der Waals surface area contributed by atoms with E-state index in [4.69, 9.17) is 5.26 Å². The van der Waals surface area contributed by atoms with Gasteiger partial charge in [-0.05, 0) is 30.3 Å². The standard InChI is InChI=1S/C14H11FN4O/c1-17-13-5-3-10(8-18-13)14(20)19-12-4-2-9(7-16)6-11(12)15/h2-6,8H,1H3,(H,17,18)(H,19,20). The molecule has 2 aromatic rings. The average Bonchev–Trinajstić information content (AvgIpc) is 2.49. The van der Waals surface area contributed by atoms with Gasteiger partial charge in [0.25, 0.3) is 5.91 Å². The summed E-state index contributed by atoms with van der Waals surface area (Å²) in [5, 5.41) is 13.9. The second kappa shape index (κ2) is 5.80. The summed E-state index contributed by atoms with van der Waals surface area (Å²) >= 11 is 0. The highest BCUT2D eigenvalue weighted by Gasteiger charge is 2.10. The largest absolute Gasteiger partial charge is 0.373 e.